The van der Waals surface area contributed by atoms with Gasteiger partial charge < -0.3 is 16.0 Å². The highest BCUT2D eigenvalue weighted by Gasteiger charge is 2.28. The van der Waals surface area contributed by atoms with E-state index in [-0.39, 0.29) is 17.9 Å². The minimum absolute atomic E-state index is 0.00789. The molecule has 1 atom stereocenters. The van der Waals surface area contributed by atoms with Crippen LogP contribution in [0, 0.1) is 6.92 Å². The number of nitrogens with one attached hydrogen (secondary N) is 1. The van der Waals surface area contributed by atoms with Gasteiger partial charge in [-0.3, -0.25) is 14.6 Å². The normalized spacial score (nSPS) is 17.3. The maximum absolute atomic E-state index is 13.3. The molecule has 1 aliphatic heterocycles. The Kier molecular flexibility index (Phi) is 5.83. The van der Waals surface area contributed by atoms with E-state index in [1.807, 2.05) is 42.2 Å². The molecule has 2 heterocycles. The number of amides is 2. The number of para-hydroxylation sites is 1. The van der Waals surface area contributed by atoms with Crippen LogP contribution in [-0.2, 0) is 4.79 Å². The average Bonchev–Trinajstić information content (AvgIpc) is 2.66. The first-order valence-electron chi connectivity index (χ1n) is 9.24. The Bertz CT molecular complexity index is 805. The van der Waals surface area contributed by atoms with Crippen molar-refractivity contribution in [3.8, 4) is 0 Å². The first kappa shape index (κ1) is 18.3. The number of likely N-dealkylation sites (tertiary alicyclic amines) is 1. The molecule has 1 fully saturated rings. The summed E-state index contributed by atoms with van der Waals surface area (Å²) in [6, 6.07) is 9.67. The molecule has 6 nitrogen and oxygen atoms in total. The molecule has 1 aromatic carbocycles. The summed E-state index contributed by atoms with van der Waals surface area (Å²) in [6.07, 6.45) is 3.25. The third-order valence-corrected chi connectivity index (χ3v) is 4.88. The van der Waals surface area contributed by atoms with Crippen molar-refractivity contribution in [2.45, 2.75) is 38.6 Å². The van der Waals surface area contributed by atoms with E-state index in [1.54, 1.807) is 0 Å². The van der Waals surface area contributed by atoms with Gasteiger partial charge in [0, 0.05) is 43.2 Å². The van der Waals surface area contributed by atoms with Crippen molar-refractivity contribution in [1.29, 1.82) is 0 Å². The van der Waals surface area contributed by atoms with Gasteiger partial charge in [-0.25, -0.2) is 0 Å². The van der Waals surface area contributed by atoms with Crippen molar-refractivity contribution >= 4 is 22.7 Å². The molecular formula is C20H26N4O2. The van der Waals surface area contributed by atoms with E-state index in [4.69, 9.17) is 5.73 Å². The van der Waals surface area contributed by atoms with Gasteiger partial charge in [0.1, 0.15) is 0 Å². The molecule has 0 saturated carbocycles. The van der Waals surface area contributed by atoms with Crippen molar-refractivity contribution in [3.63, 3.8) is 0 Å². The predicted molar refractivity (Wildman–Crippen MR) is 102 cm³/mol. The number of hydrogen-bond acceptors (Lipinski definition) is 4. The minimum Gasteiger partial charge on any atom is -0.354 e. The zero-order valence-corrected chi connectivity index (χ0v) is 15.2. The summed E-state index contributed by atoms with van der Waals surface area (Å²) in [5.41, 5.74) is 7.69. The van der Waals surface area contributed by atoms with Crippen LogP contribution < -0.4 is 11.1 Å². The molecule has 0 aliphatic carbocycles. The average molecular weight is 354 g/mol. The number of carbonyl (C=O) groups is 2. The van der Waals surface area contributed by atoms with Crippen LogP contribution in [0.25, 0.3) is 10.9 Å². The Hall–Kier alpha value is -2.47. The number of nitrogens with zero attached hydrogens (tertiary/aromatic N) is 2. The van der Waals surface area contributed by atoms with Crippen molar-refractivity contribution < 1.29 is 9.59 Å². The van der Waals surface area contributed by atoms with Crippen molar-refractivity contribution in [2.75, 3.05) is 19.6 Å². The quantitative estimate of drug-likeness (QED) is 0.860. The van der Waals surface area contributed by atoms with Crippen molar-refractivity contribution in [1.82, 2.24) is 15.2 Å². The summed E-state index contributed by atoms with van der Waals surface area (Å²) in [5, 5.41) is 3.87. The molecule has 1 aliphatic rings. The molecule has 138 valence electrons. The number of carbonyl (C=O) groups excluding carboxylic acids is 2. The largest absolute Gasteiger partial charge is 0.354 e. The zero-order chi connectivity index (χ0) is 18.5. The van der Waals surface area contributed by atoms with Gasteiger partial charge in [-0.05, 0) is 38.3 Å². The fourth-order valence-electron chi connectivity index (χ4n) is 3.50. The number of fused-ring (bicyclic) bond motifs is 1. The van der Waals surface area contributed by atoms with E-state index in [9.17, 15) is 9.59 Å². The van der Waals surface area contributed by atoms with E-state index in [0.717, 1.165) is 35.9 Å². The first-order valence-corrected chi connectivity index (χ1v) is 9.24. The highest BCUT2D eigenvalue weighted by Crippen LogP contribution is 2.23. The Morgan fingerprint density at radius 3 is 2.92 bits per heavy atom. The van der Waals surface area contributed by atoms with E-state index >= 15 is 0 Å². The Morgan fingerprint density at radius 2 is 2.12 bits per heavy atom. The lowest BCUT2D eigenvalue weighted by atomic mass is 9.99. The first-order chi connectivity index (χ1) is 12.6. The number of aryl methyl sites for hydroxylation is 1. The number of pyridine rings is 1. The van der Waals surface area contributed by atoms with Crippen LogP contribution in [0.3, 0.4) is 0 Å². The number of hydrogen-bond donors (Lipinski definition) is 2. The predicted octanol–water partition coefficient (Wildman–Crippen LogP) is 2.00. The summed E-state index contributed by atoms with van der Waals surface area (Å²) in [4.78, 5) is 31.5. The molecule has 0 spiro atoms. The second-order valence-corrected chi connectivity index (χ2v) is 6.82. The summed E-state index contributed by atoms with van der Waals surface area (Å²) >= 11 is 0. The Balaban J connectivity index is 1.83. The topological polar surface area (TPSA) is 88.3 Å². The number of rotatable bonds is 5. The molecule has 2 amide bonds. The van der Waals surface area contributed by atoms with Crippen LogP contribution >= 0.6 is 0 Å². The van der Waals surface area contributed by atoms with Gasteiger partial charge in [0.05, 0.1) is 11.1 Å². The maximum Gasteiger partial charge on any atom is 0.256 e. The van der Waals surface area contributed by atoms with E-state index < -0.39 is 0 Å². The molecule has 0 bridgehead atoms. The standard InChI is InChI=1S/C20H26N4O2/c1-14-8-9-15-5-4-7-17(19(15)23-14)20(26)24-12-3-2-6-16(24)13-22-18(25)10-11-21/h4-5,7-9,16H,2-3,6,10-13,21H2,1H3,(H,22,25). The monoisotopic (exact) mass is 354 g/mol. The molecule has 3 rings (SSSR count). The van der Waals surface area contributed by atoms with Crippen LogP contribution in [0.4, 0.5) is 0 Å². The molecule has 2 aromatic rings. The zero-order valence-electron chi connectivity index (χ0n) is 15.2. The van der Waals surface area contributed by atoms with Gasteiger partial charge in [-0.15, -0.1) is 0 Å². The molecular weight excluding hydrogens is 328 g/mol. The molecule has 26 heavy (non-hydrogen) atoms. The van der Waals surface area contributed by atoms with Crippen LogP contribution in [-0.4, -0.2) is 47.4 Å². The lowest BCUT2D eigenvalue weighted by Gasteiger charge is -2.36. The SMILES string of the molecule is Cc1ccc2cccc(C(=O)N3CCCCC3CNC(=O)CCN)c2n1. The summed E-state index contributed by atoms with van der Waals surface area (Å²) < 4.78 is 0. The summed E-state index contributed by atoms with van der Waals surface area (Å²) in [5.74, 6) is -0.0700. The van der Waals surface area contributed by atoms with E-state index in [2.05, 4.69) is 10.3 Å². The highest BCUT2D eigenvalue weighted by molar-refractivity contribution is 6.05. The summed E-state index contributed by atoms with van der Waals surface area (Å²) in [6.45, 7) is 3.44. The molecule has 3 N–H and O–H groups in total. The van der Waals surface area contributed by atoms with Crippen LogP contribution in [0.2, 0.25) is 0 Å². The third kappa shape index (κ3) is 4.02. The Morgan fingerprint density at radius 1 is 1.27 bits per heavy atom. The van der Waals surface area contributed by atoms with Gasteiger partial charge in [-0.1, -0.05) is 18.2 Å². The van der Waals surface area contributed by atoms with E-state index in [1.165, 1.54) is 0 Å². The molecule has 1 unspecified atom stereocenters. The van der Waals surface area contributed by atoms with Crippen LogP contribution in [0.1, 0.15) is 41.7 Å². The lowest BCUT2D eigenvalue weighted by Crippen LogP contribution is -2.49. The second-order valence-electron chi connectivity index (χ2n) is 6.82. The third-order valence-electron chi connectivity index (χ3n) is 4.88. The Labute approximate surface area is 153 Å². The second kappa shape index (κ2) is 8.27. The molecule has 1 aromatic heterocycles. The maximum atomic E-state index is 13.3. The summed E-state index contributed by atoms with van der Waals surface area (Å²) in [7, 11) is 0. The fraction of sp³-hybridized carbons (Fsp3) is 0.450. The van der Waals surface area contributed by atoms with Gasteiger partial charge in [0.15, 0.2) is 0 Å². The molecule has 6 heteroatoms. The number of aromatic nitrogens is 1. The van der Waals surface area contributed by atoms with Gasteiger partial charge in [0.2, 0.25) is 5.91 Å². The van der Waals surface area contributed by atoms with Crippen molar-refractivity contribution in [2.24, 2.45) is 5.73 Å². The van der Waals surface area contributed by atoms with Crippen molar-refractivity contribution in [3.05, 3.63) is 41.6 Å². The minimum atomic E-state index is -0.0621. The van der Waals surface area contributed by atoms with Crippen LogP contribution in [0.5, 0.6) is 0 Å². The number of nitrogens with two attached hydrogens (primary N) is 1. The lowest BCUT2D eigenvalue weighted by molar-refractivity contribution is -0.121. The van der Waals surface area contributed by atoms with Gasteiger partial charge in [-0.2, -0.15) is 0 Å². The van der Waals surface area contributed by atoms with E-state index in [0.29, 0.717) is 31.6 Å². The fourth-order valence-corrected chi connectivity index (χ4v) is 3.50. The smallest absolute Gasteiger partial charge is 0.256 e. The highest BCUT2D eigenvalue weighted by atomic mass is 16.2. The van der Waals surface area contributed by atoms with Crippen LogP contribution in [0.15, 0.2) is 30.3 Å². The molecule has 0 radical (unpaired) electrons. The van der Waals surface area contributed by atoms with Gasteiger partial charge >= 0.3 is 0 Å². The molecule has 1 saturated heterocycles. The van der Waals surface area contributed by atoms with Gasteiger partial charge in [0.25, 0.3) is 5.91 Å². The number of piperidine rings is 1. The number of benzene rings is 1.